The molecule has 0 spiro atoms. The second-order valence-electron chi connectivity index (χ2n) is 4.85. The number of aryl methyl sites for hydroxylation is 2. The molecule has 1 aromatic carbocycles. The highest BCUT2D eigenvalue weighted by Crippen LogP contribution is 2.24. The Morgan fingerprint density at radius 3 is 2.74 bits per heavy atom. The van der Waals surface area contributed by atoms with E-state index < -0.39 is 10.0 Å². The molecule has 0 aromatic heterocycles. The van der Waals surface area contributed by atoms with Gasteiger partial charge < -0.3 is 4.74 Å². The minimum absolute atomic E-state index is 0.00368. The zero-order valence-corrected chi connectivity index (χ0v) is 13.5. The second-order valence-corrected chi connectivity index (χ2v) is 7.44. The summed E-state index contributed by atoms with van der Waals surface area (Å²) in [5.41, 5.74) is 1.77. The molecule has 1 N–H and O–H groups in total. The second kappa shape index (κ2) is 5.91. The first-order valence-corrected chi connectivity index (χ1v) is 8.56. The van der Waals surface area contributed by atoms with Crippen LogP contribution in [0.2, 0.25) is 0 Å². The van der Waals surface area contributed by atoms with Crippen LogP contribution in [0, 0.1) is 13.8 Å². The van der Waals surface area contributed by atoms with E-state index in [4.69, 9.17) is 4.74 Å². The van der Waals surface area contributed by atoms with E-state index in [1.165, 1.54) is 0 Å². The molecule has 0 aliphatic carbocycles. The molecule has 6 heteroatoms. The van der Waals surface area contributed by atoms with Crippen molar-refractivity contribution in [2.45, 2.75) is 37.7 Å². The predicted molar refractivity (Wildman–Crippen MR) is 77.8 cm³/mol. The maximum absolute atomic E-state index is 12.3. The number of hydrogen-bond donors (Lipinski definition) is 1. The Kier molecular flexibility index (Phi) is 4.66. The molecule has 2 rings (SSSR count). The third-order valence-corrected chi connectivity index (χ3v) is 5.69. The van der Waals surface area contributed by atoms with Gasteiger partial charge >= 0.3 is 0 Å². The molecule has 1 unspecified atom stereocenters. The lowest BCUT2D eigenvalue weighted by Crippen LogP contribution is -2.32. The van der Waals surface area contributed by atoms with Crippen molar-refractivity contribution in [3.8, 4) is 0 Å². The van der Waals surface area contributed by atoms with Crippen LogP contribution in [-0.4, -0.2) is 27.7 Å². The van der Waals surface area contributed by atoms with Gasteiger partial charge in [0.05, 0.1) is 11.0 Å². The van der Waals surface area contributed by atoms with Crippen molar-refractivity contribution in [2.75, 3.05) is 13.2 Å². The number of sulfonamides is 1. The summed E-state index contributed by atoms with van der Waals surface area (Å²) in [7, 11) is -3.48. The van der Waals surface area contributed by atoms with Crippen LogP contribution in [0.1, 0.15) is 24.0 Å². The maximum Gasteiger partial charge on any atom is 0.240 e. The smallest absolute Gasteiger partial charge is 0.240 e. The van der Waals surface area contributed by atoms with E-state index in [1.807, 2.05) is 13.0 Å². The van der Waals surface area contributed by atoms with Crippen molar-refractivity contribution in [1.29, 1.82) is 0 Å². The Hall–Kier alpha value is -0.430. The van der Waals surface area contributed by atoms with Gasteiger partial charge in [0.2, 0.25) is 10.0 Å². The molecular weight excluding hydrogens is 330 g/mol. The molecule has 1 fully saturated rings. The summed E-state index contributed by atoms with van der Waals surface area (Å²) in [6.45, 7) is 4.81. The molecule has 0 bridgehead atoms. The number of nitrogens with one attached hydrogen (secondary N) is 1. The molecule has 0 amide bonds. The number of benzene rings is 1. The first-order chi connectivity index (χ1) is 8.90. The minimum Gasteiger partial charge on any atom is -0.377 e. The van der Waals surface area contributed by atoms with Gasteiger partial charge in [-0.25, -0.2) is 13.1 Å². The van der Waals surface area contributed by atoms with Gasteiger partial charge in [0.1, 0.15) is 0 Å². The van der Waals surface area contributed by atoms with Gasteiger partial charge in [-0.2, -0.15) is 0 Å². The third-order valence-electron chi connectivity index (χ3n) is 3.27. The summed E-state index contributed by atoms with van der Waals surface area (Å²) in [5.74, 6) is 0. The average Bonchev–Trinajstić information content (AvgIpc) is 2.84. The molecule has 1 heterocycles. The fraction of sp³-hybridized carbons (Fsp3) is 0.538. The summed E-state index contributed by atoms with van der Waals surface area (Å²) in [6, 6.07) is 3.52. The lowest BCUT2D eigenvalue weighted by atomic mass is 10.2. The number of rotatable bonds is 4. The number of ether oxygens (including phenoxy) is 1. The van der Waals surface area contributed by atoms with Crippen molar-refractivity contribution in [2.24, 2.45) is 0 Å². The SMILES string of the molecule is Cc1cc(C)c(S(=O)(=O)NCC2CCCO2)cc1Br. The Morgan fingerprint density at radius 1 is 1.37 bits per heavy atom. The normalized spacial score (nSPS) is 19.8. The summed E-state index contributed by atoms with van der Waals surface area (Å²) in [5, 5.41) is 0. The highest BCUT2D eigenvalue weighted by atomic mass is 79.9. The zero-order chi connectivity index (χ0) is 14.0. The van der Waals surface area contributed by atoms with Crippen LogP contribution in [-0.2, 0) is 14.8 Å². The summed E-state index contributed by atoms with van der Waals surface area (Å²) in [6.07, 6.45) is 1.92. The standard InChI is InChI=1S/C13H18BrNO3S/c1-9-6-10(2)13(7-12(9)14)19(16,17)15-8-11-4-3-5-18-11/h6-7,11,15H,3-5,8H2,1-2H3. The van der Waals surface area contributed by atoms with Gasteiger partial charge in [0.15, 0.2) is 0 Å². The fourth-order valence-corrected chi connectivity index (χ4v) is 3.99. The van der Waals surface area contributed by atoms with Crippen LogP contribution in [0.4, 0.5) is 0 Å². The van der Waals surface area contributed by atoms with Gasteiger partial charge in [-0.05, 0) is 43.9 Å². The van der Waals surface area contributed by atoms with Crippen LogP contribution < -0.4 is 4.72 Å². The van der Waals surface area contributed by atoms with E-state index in [-0.39, 0.29) is 6.10 Å². The van der Waals surface area contributed by atoms with Crippen molar-refractivity contribution >= 4 is 26.0 Å². The molecule has 1 saturated heterocycles. The summed E-state index contributed by atoms with van der Waals surface area (Å²) < 4.78 is 33.4. The summed E-state index contributed by atoms with van der Waals surface area (Å²) >= 11 is 3.37. The van der Waals surface area contributed by atoms with Crippen LogP contribution in [0.15, 0.2) is 21.5 Å². The minimum atomic E-state index is -3.48. The molecular formula is C13H18BrNO3S. The van der Waals surface area contributed by atoms with E-state index in [0.717, 1.165) is 35.0 Å². The van der Waals surface area contributed by atoms with Gasteiger partial charge in [-0.15, -0.1) is 0 Å². The molecule has 1 atom stereocenters. The van der Waals surface area contributed by atoms with Crippen molar-refractivity contribution in [3.05, 3.63) is 27.7 Å². The molecule has 1 aliphatic heterocycles. The van der Waals surface area contributed by atoms with E-state index >= 15 is 0 Å². The van der Waals surface area contributed by atoms with Gasteiger partial charge in [0.25, 0.3) is 0 Å². The lowest BCUT2D eigenvalue weighted by Gasteiger charge is -2.14. The Labute approximate surface area is 122 Å². The fourth-order valence-electron chi connectivity index (χ4n) is 2.18. The number of hydrogen-bond acceptors (Lipinski definition) is 3. The third kappa shape index (κ3) is 3.56. The molecule has 0 saturated carbocycles. The molecule has 0 radical (unpaired) electrons. The molecule has 4 nitrogen and oxygen atoms in total. The summed E-state index contributed by atoms with van der Waals surface area (Å²) in [4.78, 5) is 0.322. The van der Waals surface area contributed by atoms with Crippen LogP contribution in [0.25, 0.3) is 0 Å². The Balaban J connectivity index is 2.16. The Morgan fingerprint density at radius 2 is 2.11 bits per heavy atom. The Bertz CT molecular complexity index is 565. The largest absolute Gasteiger partial charge is 0.377 e. The van der Waals surface area contributed by atoms with Crippen molar-refractivity contribution in [3.63, 3.8) is 0 Å². The van der Waals surface area contributed by atoms with Crippen molar-refractivity contribution in [1.82, 2.24) is 4.72 Å². The zero-order valence-electron chi connectivity index (χ0n) is 11.1. The molecule has 106 valence electrons. The first kappa shape index (κ1) is 15.0. The quantitative estimate of drug-likeness (QED) is 0.910. The number of halogens is 1. The van der Waals surface area contributed by atoms with Gasteiger partial charge in [0, 0.05) is 17.6 Å². The average molecular weight is 348 g/mol. The predicted octanol–water partition coefficient (Wildman–Crippen LogP) is 2.52. The van der Waals surface area contributed by atoms with Crippen LogP contribution in [0.3, 0.4) is 0 Å². The van der Waals surface area contributed by atoms with Gasteiger partial charge in [-0.3, -0.25) is 0 Å². The molecule has 1 aliphatic rings. The highest BCUT2D eigenvalue weighted by Gasteiger charge is 2.22. The molecule has 1 aromatic rings. The van der Waals surface area contributed by atoms with Crippen LogP contribution >= 0.6 is 15.9 Å². The monoisotopic (exact) mass is 347 g/mol. The lowest BCUT2D eigenvalue weighted by molar-refractivity contribution is 0.114. The molecule has 19 heavy (non-hydrogen) atoms. The maximum atomic E-state index is 12.3. The van der Waals surface area contributed by atoms with E-state index in [0.29, 0.717) is 11.4 Å². The first-order valence-electron chi connectivity index (χ1n) is 6.28. The van der Waals surface area contributed by atoms with E-state index in [9.17, 15) is 8.42 Å². The van der Waals surface area contributed by atoms with E-state index in [1.54, 1.807) is 13.0 Å². The van der Waals surface area contributed by atoms with Crippen LogP contribution in [0.5, 0.6) is 0 Å². The van der Waals surface area contributed by atoms with E-state index in [2.05, 4.69) is 20.7 Å². The van der Waals surface area contributed by atoms with Gasteiger partial charge in [-0.1, -0.05) is 22.0 Å². The van der Waals surface area contributed by atoms with Crippen molar-refractivity contribution < 1.29 is 13.2 Å². The highest BCUT2D eigenvalue weighted by molar-refractivity contribution is 9.10. The topological polar surface area (TPSA) is 55.4 Å².